The lowest BCUT2D eigenvalue weighted by atomic mass is 10.1. The Hall–Kier alpha value is -1.42. The quantitative estimate of drug-likeness (QED) is 0.863. The lowest BCUT2D eigenvalue weighted by Gasteiger charge is -2.23. The highest BCUT2D eigenvalue weighted by atomic mass is 16.4. The number of carboxylic acid groups (broad SMARTS) is 1. The van der Waals surface area contributed by atoms with Gasteiger partial charge in [-0.25, -0.2) is 0 Å². The molecule has 0 aromatic carbocycles. The van der Waals surface area contributed by atoms with E-state index in [1.807, 2.05) is 12.3 Å². The molecule has 0 saturated carbocycles. The molecule has 1 unspecified atom stereocenters. The van der Waals surface area contributed by atoms with Gasteiger partial charge in [-0.05, 0) is 43.5 Å². The van der Waals surface area contributed by atoms with Crippen molar-refractivity contribution in [1.82, 2.24) is 9.88 Å². The zero-order chi connectivity index (χ0) is 12.3. The number of nitrogens with zero attached hydrogens (tertiary/aromatic N) is 2. The van der Waals surface area contributed by atoms with E-state index in [0.717, 1.165) is 25.9 Å². The van der Waals surface area contributed by atoms with Crippen LogP contribution in [-0.4, -0.2) is 33.5 Å². The van der Waals surface area contributed by atoms with E-state index in [1.54, 1.807) is 6.20 Å². The van der Waals surface area contributed by atoms with Crippen molar-refractivity contribution in [2.45, 2.75) is 38.8 Å². The Morgan fingerprint density at radius 2 is 2.47 bits per heavy atom. The first-order valence-electron chi connectivity index (χ1n) is 6.02. The summed E-state index contributed by atoms with van der Waals surface area (Å²) in [6.45, 7) is 3.88. The molecule has 2 heterocycles. The molecular weight excluding hydrogens is 216 g/mol. The average molecular weight is 234 g/mol. The van der Waals surface area contributed by atoms with Gasteiger partial charge in [-0.15, -0.1) is 0 Å². The second-order valence-electron chi connectivity index (χ2n) is 4.67. The number of likely N-dealkylation sites (tertiary alicyclic amines) is 1. The maximum absolute atomic E-state index is 10.8. The number of rotatable bonds is 4. The molecule has 1 saturated heterocycles. The van der Waals surface area contributed by atoms with Gasteiger partial charge in [0.2, 0.25) is 0 Å². The van der Waals surface area contributed by atoms with Crippen LogP contribution in [0.2, 0.25) is 0 Å². The molecule has 4 nitrogen and oxygen atoms in total. The summed E-state index contributed by atoms with van der Waals surface area (Å²) >= 11 is 0. The SMILES string of the molecule is Cc1ccncc1CN1CCCC1CC(=O)O. The number of hydrogen-bond donors (Lipinski definition) is 1. The van der Waals surface area contributed by atoms with E-state index in [4.69, 9.17) is 5.11 Å². The highest BCUT2D eigenvalue weighted by Crippen LogP contribution is 2.23. The number of aliphatic carboxylic acids is 1. The fraction of sp³-hybridized carbons (Fsp3) is 0.538. The molecule has 1 aromatic heterocycles. The van der Waals surface area contributed by atoms with Crippen molar-refractivity contribution < 1.29 is 9.90 Å². The average Bonchev–Trinajstić information content (AvgIpc) is 2.68. The third-order valence-electron chi connectivity index (χ3n) is 3.43. The van der Waals surface area contributed by atoms with Gasteiger partial charge in [-0.2, -0.15) is 0 Å². The van der Waals surface area contributed by atoms with Crippen LogP contribution in [0.25, 0.3) is 0 Å². The lowest BCUT2D eigenvalue weighted by molar-refractivity contribution is -0.138. The van der Waals surface area contributed by atoms with Gasteiger partial charge in [0.1, 0.15) is 0 Å². The first-order valence-corrected chi connectivity index (χ1v) is 6.02. The Bertz CT molecular complexity index is 406. The van der Waals surface area contributed by atoms with Crippen LogP contribution in [0.15, 0.2) is 18.5 Å². The molecule has 1 N–H and O–H groups in total. The maximum atomic E-state index is 10.8. The minimum Gasteiger partial charge on any atom is -0.481 e. The number of aromatic nitrogens is 1. The van der Waals surface area contributed by atoms with E-state index in [9.17, 15) is 4.79 Å². The van der Waals surface area contributed by atoms with E-state index < -0.39 is 5.97 Å². The van der Waals surface area contributed by atoms with Crippen LogP contribution < -0.4 is 0 Å². The number of carbonyl (C=O) groups is 1. The molecule has 1 aromatic rings. The molecule has 2 rings (SSSR count). The van der Waals surface area contributed by atoms with Crippen molar-refractivity contribution in [2.75, 3.05) is 6.54 Å². The monoisotopic (exact) mass is 234 g/mol. The van der Waals surface area contributed by atoms with Crippen LogP contribution in [-0.2, 0) is 11.3 Å². The predicted molar refractivity (Wildman–Crippen MR) is 64.7 cm³/mol. The molecule has 1 atom stereocenters. The van der Waals surface area contributed by atoms with Crippen molar-refractivity contribution in [3.63, 3.8) is 0 Å². The van der Waals surface area contributed by atoms with E-state index >= 15 is 0 Å². The molecule has 1 aliphatic heterocycles. The number of aryl methyl sites for hydroxylation is 1. The Labute approximate surface area is 101 Å². The molecule has 1 aliphatic rings. The third-order valence-corrected chi connectivity index (χ3v) is 3.43. The summed E-state index contributed by atoms with van der Waals surface area (Å²) in [4.78, 5) is 17.2. The molecule has 4 heteroatoms. The van der Waals surface area contributed by atoms with Crippen LogP contribution in [0.4, 0.5) is 0 Å². The molecule has 0 spiro atoms. The molecule has 0 amide bonds. The van der Waals surface area contributed by atoms with Crippen molar-refractivity contribution in [2.24, 2.45) is 0 Å². The zero-order valence-corrected chi connectivity index (χ0v) is 10.1. The van der Waals surface area contributed by atoms with Crippen molar-refractivity contribution in [1.29, 1.82) is 0 Å². The van der Waals surface area contributed by atoms with Crippen LogP contribution in [0.3, 0.4) is 0 Å². The largest absolute Gasteiger partial charge is 0.481 e. The van der Waals surface area contributed by atoms with Crippen molar-refractivity contribution in [3.05, 3.63) is 29.6 Å². The number of pyridine rings is 1. The van der Waals surface area contributed by atoms with Crippen LogP contribution in [0.1, 0.15) is 30.4 Å². The first-order chi connectivity index (χ1) is 8.16. The van der Waals surface area contributed by atoms with Gasteiger partial charge in [0, 0.05) is 25.0 Å². The van der Waals surface area contributed by atoms with Gasteiger partial charge in [0.25, 0.3) is 0 Å². The van der Waals surface area contributed by atoms with Crippen LogP contribution in [0, 0.1) is 6.92 Å². The molecule has 1 fully saturated rings. The minimum absolute atomic E-state index is 0.187. The summed E-state index contributed by atoms with van der Waals surface area (Å²) in [5.74, 6) is -0.704. The molecule has 92 valence electrons. The summed E-state index contributed by atoms with van der Waals surface area (Å²) in [7, 11) is 0. The Morgan fingerprint density at radius 3 is 3.18 bits per heavy atom. The number of carboxylic acids is 1. The molecule has 0 radical (unpaired) electrons. The Kier molecular flexibility index (Phi) is 3.74. The fourth-order valence-corrected chi connectivity index (χ4v) is 2.42. The minimum atomic E-state index is -0.704. The predicted octanol–water partition coefficient (Wildman–Crippen LogP) is 1.83. The fourth-order valence-electron chi connectivity index (χ4n) is 2.42. The normalized spacial score (nSPS) is 20.6. The highest BCUT2D eigenvalue weighted by molar-refractivity contribution is 5.67. The maximum Gasteiger partial charge on any atom is 0.304 e. The van der Waals surface area contributed by atoms with E-state index in [-0.39, 0.29) is 12.5 Å². The third kappa shape index (κ3) is 3.03. The summed E-state index contributed by atoms with van der Waals surface area (Å²) in [6.07, 6.45) is 6.01. The first kappa shape index (κ1) is 12.0. The summed E-state index contributed by atoms with van der Waals surface area (Å²) in [5.41, 5.74) is 2.42. The molecule has 17 heavy (non-hydrogen) atoms. The lowest BCUT2D eigenvalue weighted by Crippen LogP contribution is -2.31. The summed E-state index contributed by atoms with van der Waals surface area (Å²) in [6, 6.07) is 2.18. The van der Waals surface area contributed by atoms with Gasteiger partial charge in [-0.1, -0.05) is 0 Å². The highest BCUT2D eigenvalue weighted by Gasteiger charge is 2.26. The second kappa shape index (κ2) is 5.27. The summed E-state index contributed by atoms with van der Waals surface area (Å²) < 4.78 is 0. The van der Waals surface area contributed by atoms with Crippen LogP contribution in [0.5, 0.6) is 0 Å². The van der Waals surface area contributed by atoms with E-state index in [0.29, 0.717) is 0 Å². The molecular formula is C13H18N2O2. The van der Waals surface area contributed by atoms with Crippen LogP contribution >= 0.6 is 0 Å². The summed E-state index contributed by atoms with van der Waals surface area (Å²) in [5, 5.41) is 8.87. The topological polar surface area (TPSA) is 53.4 Å². The van der Waals surface area contributed by atoms with E-state index in [1.165, 1.54) is 11.1 Å². The second-order valence-corrected chi connectivity index (χ2v) is 4.67. The van der Waals surface area contributed by atoms with Gasteiger partial charge < -0.3 is 5.11 Å². The smallest absolute Gasteiger partial charge is 0.304 e. The van der Waals surface area contributed by atoms with E-state index in [2.05, 4.69) is 16.8 Å². The Balaban J connectivity index is 2.03. The van der Waals surface area contributed by atoms with Gasteiger partial charge in [0.05, 0.1) is 6.42 Å². The van der Waals surface area contributed by atoms with Gasteiger partial charge in [0.15, 0.2) is 0 Å². The van der Waals surface area contributed by atoms with Crippen molar-refractivity contribution in [3.8, 4) is 0 Å². The van der Waals surface area contributed by atoms with Gasteiger partial charge >= 0.3 is 5.97 Å². The molecule has 0 aliphatic carbocycles. The van der Waals surface area contributed by atoms with Crippen molar-refractivity contribution >= 4 is 5.97 Å². The standard InChI is InChI=1S/C13H18N2O2/c1-10-4-5-14-8-11(10)9-15-6-2-3-12(15)7-13(16)17/h4-5,8,12H,2-3,6-7,9H2,1H3,(H,16,17). The number of hydrogen-bond acceptors (Lipinski definition) is 3. The van der Waals surface area contributed by atoms with Gasteiger partial charge in [-0.3, -0.25) is 14.7 Å². The Morgan fingerprint density at radius 1 is 1.65 bits per heavy atom. The zero-order valence-electron chi connectivity index (χ0n) is 10.1. The molecule has 0 bridgehead atoms.